The number of allylic oxidation sites excluding steroid dienone is 4. The number of hydrogen-bond donors (Lipinski definition) is 0. The van der Waals surface area contributed by atoms with Gasteiger partial charge in [0, 0.05) is 12.2 Å². The molecule has 14 heavy (non-hydrogen) atoms. The molecule has 0 aromatic carbocycles. The SMILES string of the molecule is CO/C(C)=C/C#CC#C/C=C(\C)OC. The molecule has 0 rings (SSSR count). The second kappa shape index (κ2) is 7.83. The van der Waals surface area contributed by atoms with E-state index < -0.39 is 0 Å². The average Bonchev–Trinajstić information content (AvgIpc) is 2.22. The lowest BCUT2D eigenvalue weighted by molar-refractivity contribution is 0.294. The van der Waals surface area contributed by atoms with Crippen molar-refractivity contribution in [1.29, 1.82) is 0 Å². The summed E-state index contributed by atoms with van der Waals surface area (Å²) in [6, 6.07) is 0. The second-order valence-corrected chi connectivity index (χ2v) is 2.46. The van der Waals surface area contributed by atoms with Crippen LogP contribution in [-0.2, 0) is 9.47 Å². The van der Waals surface area contributed by atoms with Gasteiger partial charge in [-0.25, -0.2) is 0 Å². The monoisotopic (exact) mass is 190 g/mol. The second-order valence-electron chi connectivity index (χ2n) is 2.46. The van der Waals surface area contributed by atoms with Crippen molar-refractivity contribution in [3.63, 3.8) is 0 Å². The summed E-state index contributed by atoms with van der Waals surface area (Å²) >= 11 is 0. The summed E-state index contributed by atoms with van der Waals surface area (Å²) in [5.74, 6) is 12.4. The van der Waals surface area contributed by atoms with Gasteiger partial charge in [0.15, 0.2) is 0 Å². The molecule has 0 spiro atoms. The molecule has 0 heterocycles. The van der Waals surface area contributed by atoms with Crippen LogP contribution in [0, 0.1) is 23.7 Å². The standard InChI is InChI=1S/C12H14O2/c1-11(13-3)9-7-5-6-8-10-12(2)14-4/h9-10H,1-4H3/b11-9+,12-10+. The first-order valence-corrected chi connectivity index (χ1v) is 4.13. The minimum absolute atomic E-state index is 0.767. The van der Waals surface area contributed by atoms with E-state index >= 15 is 0 Å². The third-order valence-electron chi connectivity index (χ3n) is 1.40. The van der Waals surface area contributed by atoms with E-state index in [0.29, 0.717) is 0 Å². The van der Waals surface area contributed by atoms with Crippen LogP contribution in [0.1, 0.15) is 13.8 Å². The van der Waals surface area contributed by atoms with Gasteiger partial charge < -0.3 is 9.47 Å². The molecule has 0 atom stereocenters. The van der Waals surface area contributed by atoms with Crippen molar-refractivity contribution in [2.24, 2.45) is 0 Å². The average molecular weight is 190 g/mol. The maximum Gasteiger partial charge on any atom is 0.101 e. The zero-order chi connectivity index (χ0) is 10.8. The summed E-state index contributed by atoms with van der Waals surface area (Å²) in [5, 5.41) is 0. The van der Waals surface area contributed by atoms with Gasteiger partial charge in [-0.2, -0.15) is 0 Å². The smallest absolute Gasteiger partial charge is 0.101 e. The minimum atomic E-state index is 0.767. The van der Waals surface area contributed by atoms with Crippen molar-refractivity contribution in [2.45, 2.75) is 13.8 Å². The van der Waals surface area contributed by atoms with Gasteiger partial charge in [-0.15, -0.1) is 0 Å². The Kier molecular flexibility index (Phi) is 6.82. The molecule has 0 aromatic heterocycles. The van der Waals surface area contributed by atoms with Gasteiger partial charge in [-0.3, -0.25) is 0 Å². The van der Waals surface area contributed by atoms with E-state index in [1.54, 1.807) is 26.4 Å². The topological polar surface area (TPSA) is 18.5 Å². The molecule has 2 nitrogen and oxygen atoms in total. The van der Waals surface area contributed by atoms with E-state index in [4.69, 9.17) is 9.47 Å². The minimum Gasteiger partial charge on any atom is -0.501 e. The summed E-state index contributed by atoms with van der Waals surface area (Å²) in [4.78, 5) is 0. The predicted molar refractivity (Wildman–Crippen MR) is 57.1 cm³/mol. The highest BCUT2D eigenvalue weighted by Crippen LogP contribution is 1.89. The van der Waals surface area contributed by atoms with Gasteiger partial charge in [0.1, 0.15) is 11.5 Å². The Morgan fingerprint density at radius 1 is 0.857 bits per heavy atom. The molecular formula is C12H14O2. The number of rotatable bonds is 2. The van der Waals surface area contributed by atoms with Crippen molar-refractivity contribution >= 4 is 0 Å². The Labute approximate surface area is 85.6 Å². The van der Waals surface area contributed by atoms with Crippen molar-refractivity contribution in [1.82, 2.24) is 0 Å². The fraction of sp³-hybridized carbons (Fsp3) is 0.333. The molecule has 0 saturated heterocycles. The van der Waals surface area contributed by atoms with Crippen LogP contribution in [0.3, 0.4) is 0 Å². The Hall–Kier alpha value is -1.80. The van der Waals surface area contributed by atoms with Crippen molar-refractivity contribution in [3.05, 3.63) is 23.7 Å². The van der Waals surface area contributed by atoms with Crippen molar-refractivity contribution in [3.8, 4) is 23.7 Å². The van der Waals surface area contributed by atoms with Crippen LogP contribution in [0.15, 0.2) is 23.7 Å². The Bertz CT molecular complexity index is 304. The third kappa shape index (κ3) is 6.88. The summed E-state index contributed by atoms with van der Waals surface area (Å²) in [5.41, 5.74) is 0. The molecule has 74 valence electrons. The first kappa shape index (κ1) is 12.2. The van der Waals surface area contributed by atoms with Gasteiger partial charge in [0.2, 0.25) is 0 Å². The lowest BCUT2D eigenvalue weighted by Crippen LogP contribution is -1.76. The van der Waals surface area contributed by atoms with Crippen molar-refractivity contribution < 1.29 is 9.47 Å². The van der Waals surface area contributed by atoms with Gasteiger partial charge >= 0.3 is 0 Å². The highest BCUT2D eigenvalue weighted by Gasteiger charge is 1.77. The fourth-order valence-corrected chi connectivity index (χ4v) is 0.465. The van der Waals surface area contributed by atoms with E-state index in [9.17, 15) is 0 Å². The number of hydrogen-bond acceptors (Lipinski definition) is 2. The van der Waals surface area contributed by atoms with Gasteiger partial charge in [0.25, 0.3) is 0 Å². The molecule has 2 heteroatoms. The summed E-state index contributed by atoms with van der Waals surface area (Å²) in [7, 11) is 3.20. The molecule has 0 radical (unpaired) electrons. The third-order valence-corrected chi connectivity index (χ3v) is 1.40. The maximum absolute atomic E-state index is 4.89. The zero-order valence-corrected chi connectivity index (χ0v) is 8.97. The van der Waals surface area contributed by atoms with Gasteiger partial charge in [-0.05, 0) is 25.7 Å². The number of ether oxygens (including phenoxy) is 2. The fourth-order valence-electron chi connectivity index (χ4n) is 0.465. The van der Waals surface area contributed by atoms with Crippen LogP contribution in [0.2, 0.25) is 0 Å². The lowest BCUT2D eigenvalue weighted by atomic mass is 10.4. The zero-order valence-electron chi connectivity index (χ0n) is 8.97. The van der Waals surface area contributed by atoms with Crippen LogP contribution in [-0.4, -0.2) is 14.2 Å². The summed E-state index contributed by atoms with van der Waals surface area (Å²) in [6.07, 6.45) is 3.34. The molecule has 0 unspecified atom stereocenters. The van der Waals surface area contributed by atoms with Gasteiger partial charge in [0.05, 0.1) is 14.2 Å². The van der Waals surface area contributed by atoms with Crippen LogP contribution in [0.4, 0.5) is 0 Å². The maximum atomic E-state index is 4.89. The molecule has 0 aliphatic carbocycles. The highest BCUT2D eigenvalue weighted by atomic mass is 16.5. The molecule has 0 aliphatic rings. The van der Waals surface area contributed by atoms with Crippen LogP contribution < -0.4 is 0 Å². The van der Waals surface area contributed by atoms with E-state index in [0.717, 1.165) is 11.5 Å². The molecule has 0 aliphatic heterocycles. The molecule has 0 saturated carbocycles. The lowest BCUT2D eigenvalue weighted by Gasteiger charge is -1.91. The molecule has 0 bridgehead atoms. The Morgan fingerprint density at radius 2 is 1.21 bits per heavy atom. The molecule has 0 N–H and O–H groups in total. The van der Waals surface area contributed by atoms with Gasteiger partial charge in [-0.1, -0.05) is 11.8 Å². The molecular weight excluding hydrogens is 176 g/mol. The quantitative estimate of drug-likeness (QED) is 0.490. The van der Waals surface area contributed by atoms with E-state index in [-0.39, 0.29) is 0 Å². The predicted octanol–water partition coefficient (Wildman–Crippen LogP) is 2.09. The first-order valence-electron chi connectivity index (χ1n) is 4.13. The largest absolute Gasteiger partial charge is 0.501 e. The summed E-state index contributed by atoms with van der Waals surface area (Å²) in [6.45, 7) is 3.66. The Morgan fingerprint density at radius 3 is 1.50 bits per heavy atom. The van der Waals surface area contributed by atoms with E-state index in [2.05, 4.69) is 23.7 Å². The normalized spacial score (nSPS) is 10.6. The van der Waals surface area contributed by atoms with E-state index in [1.807, 2.05) is 13.8 Å². The molecule has 0 aromatic rings. The molecule has 0 amide bonds. The van der Waals surface area contributed by atoms with Crippen LogP contribution >= 0.6 is 0 Å². The van der Waals surface area contributed by atoms with Crippen LogP contribution in [0.5, 0.6) is 0 Å². The summed E-state index contributed by atoms with van der Waals surface area (Å²) < 4.78 is 9.78. The number of methoxy groups -OCH3 is 2. The van der Waals surface area contributed by atoms with E-state index in [1.165, 1.54) is 0 Å². The van der Waals surface area contributed by atoms with Crippen molar-refractivity contribution in [2.75, 3.05) is 14.2 Å². The van der Waals surface area contributed by atoms with Crippen LogP contribution in [0.25, 0.3) is 0 Å². The first-order chi connectivity index (χ1) is 6.70. The molecule has 0 fully saturated rings. The Balaban J connectivity index is 4.16. The highest BCUT2D eigenvalue weighted by molar-refractivity contribution is 5.34.